The molecule has 4 aliphatic rings. The number of alkyl carbamates (subject to hydrolysis) is 1. The fraction of sp³-hybridized carbons (Fsp3) is 0.594. The molecule has 4 fully saturated rings. The zero-order valence-electron chi connectivity index (χ0n) is 24.8. The second-order valence-corrected chi connectivity index (χ2v) is 15.1. The summed E-state index contributed by atoms with van der Waals surface area (Å²) >= 11 is 0. The van der Waals surface area contributed by atoms with Crippen molar-refractivity contribution in [2.24, 2.45) is 23.5 Å². The van der Waals surface area contributed by atoms with Crippen LogP contribution in [0.2, 0.25) is 0 Å². The highest BCUT2D eigenvalue weighted by Gasteiger charge is 2.53. The van der Waals surface area contributed by atoms with E-state index < -0.39 is 34.4 Å². The van der Waals surface area contributed by atoms with Gasteiger partial charge < -0.3 is 30.4 Å². The van der Waals surface area contributed by atoms with Gasteiger partial charge in [0.05, 0.1) is 29.8 Å². The molecule has 1 amide bonds. The molecule has 2 saturated carbocycles. The second-order valence-electron chi connectivity index (χ2n) is 13.1. The number of nitrogens with zero attached hydrogens (tertiary/aromatic N) is 1. The minimum Gasteiger partial charge on any atom is -0.443 e. The lowest BCUT2D eigenvalue weighted by Gasteiger charge is -2.37. The average molecular weight is 614 g/mol. The monoisotopic (exact) mass is 613 g/mol. The van der Waals surface area contributed by atoms with Crippen molar-refractivity contribution in [3.63, 3.8) is 0 Å². The number of aliphatic hydroxyl groups is 1. The minimum atomic E-state index is -3.94. The average Bonchev–Trinajstić information content (AvgIpc) is 3.66. The van der Waals surface area contributed by atoms with E-state index in [0.717, 1.165) is 36.8 Å². The summed E-state index contributed by atoms with van der Waals surface area (Å²) in [5.41, 5.74) is 7.75. The van der Waals surface area contributed by atoms with E-state index in [1.807, 2.05) is 44.2 Å². The third kappa shape index (κ3) is 6.62. The van der Waals surface area contributed by atoms with Crippen molar-refractivity contribution >= 4 is 16.1 Å². The van der Waals surface area contributed by atoms with Crippen molar-refractivity contribution in [1.29, 1.82) is 0 Å². The fourth-order valence-electron chi connectivity index (χ4n) is 6.73. The smallest absolute Gasteiger partial charge is 0.407 e. The van der Waals surface area contributed by atoms with E-state index in [9.17, 15) is 18.3 Å². The van der Waals surface area contributed by atoms with Crippen LogP contribution in [0.25, 0.3) is 0 Å². The maximum absolute atomic E-state index is 13.8. The molecule has 2 saturated heterocycles. The molecule has 0 radical (unpaired) electrons. The van der Waals surface area contributed by atoms with E-state index in [-0.39, 0.29) is 47.8 Å². The molecule has 0 aromatic heterocycles. The van der Waals surface area contributed by atoms with E-state index in [1.54, 1.807) is 24.3 Å². The maximum Gasteiger partial charge on any atom is 0.407 e. The van der Waals surface area contributed by atoms with Crippen LogP contribution in [0.15, 0.2) is 59.5 Å². The van der Waals surface area contributed by atoms with Crippen LogP contribution >= 0.6 is 0 Å². The van der Waals surface area contributed by atoms with Gasteiger partial charge in [-0.25, -0.2) is 13.2 Å². The lowest BCUT2D eigenvalue weighted by atomic mass is 9.78. The highest BCUT2D eigenvalue weighted by molar-refractivity contribution is 7.89. The lowest BCUT2D eigenvalue weighted by Crippen LogP contribution is -2.53. The highest BCUT2D eigenvalue weighted by Crippen LogP contribution is 2.46. The summed E-state index contributed by atoms with van der Waals surface area (Å²) in [4.78, 5) is 13.4. The molecular formula is C32H43N3O7S. The van der Waals surface area contributed by atoms with Crippen molar-refractivity contribution in [2.45, 2.75) is 87.0 Å². The molecule has 4 N–H and O–H groups in total. The van der Waals surface area contributed by atoms with Gasteiger partial charge in [-0.1, -0.05) is 56.3 Å². The first kappa shape index (κ1) is 30.5. The molecule has 7 atom stereocenters. The van der Waals surface area contributed by atoms with Gasteiger partial charge in [-0.05, 0) is 61.3 Å². The van der Waals surface area contributed by atoms with Crippen molar-refractivity contribution in [3.05, 3.63) is 65.7 Å². The Bertz CT molecular complexity index is 1380. The number of nitrogens with two attached hydrogens (primary N) is 1. The molecule has 234 valence electrons. The van der Waals surface area contributed by atoms with Gasteiger partial charge in [-0.3, -0.25) is 0 Å². The van der Waals surface area contributed by atoms with Crippen LogP contribution in [0, 0.1) is 17.8 Å². The molecule has 2 aliphatic carbocycles. The first-order valence-corrected chi connectivity index (χ1v) is 16.8. The van der Waals surface area contributed by atoms with Crippen LogP contribution < -0.4 is 11.1 Å². The zero-order valence-corrected chi connectivity index (χ0v) is 25.6. The van der Waals surface area contributed by atoms with Crippen LogP contribution in [-0.2, 0) is 36.2 Å². The predicted molar refractivity (Wildman–Crippen MR) is 159 cm³/mol. The normalized spacial score (nSPS) is 28.6. The first-order chi connectivity index (χ1) is 20.5. The molecule has 2 heterocycles. The fourth-order valence-corrected chi connectivity index (χ4v) is 8.35. The third-order valence-corrected chi connectivity index (χ3v) is 11.1. The van der Waals surface area contributed by atoms with E-state index in [1.165, 1.54) is 4.31 Å². The van der Waals surface area contributed by atoms with Crippen LogP contribution in [0.3, 0.4) is 0 Å². The highest BCUT2D eigenvalue weighted by atomic mass is 32.2. The van der Waals surface area contributed by atoms with E-state index in [0.29, 0.717) is 18.9 Å². The Morgan fingerprint density at radius 1 is 1.09 bits per heavy atom. The molecule has 2 aromatic rings. The second kappa shape index (κ2) is 12.1. The maximum atomic E-state index is 13.8. The zero-order chi connectivity index (χ0) is 30.4. The molecule has 0 spiro atoms. The molecule has 3 bridgehead atoms. The topological polar surface area (TPSA) is 140 Å². The van der Waals surface area contributed by atoms with Gasteiger partial charge >= 0.3 is 6.09 Å². The van der Waals surface area contributed by atoms with Gasteiger partial charge in [0, 0.05) is 30.5 Å². The molecule has 11 heteroatoms. The minimum absolute atomic E-state index is 0.00418. The summed E-state index contributed by atoms with van der Waals surface area (Å²) in [7, 11) is -3.94. The van der Waals surface area contributed by atoms with Gasteiger partial charge in [-0.2, -0.15) is 4.31 Å². The van der Waals surface area contributed by atoms with E-state index in [4.69, 9.17) is 19.9 Å². The quantitative estimate of drug-likeness (QED) is 0.332. The van der Waals surface area contributed by atoms with Crippen LogP contribution in [0.5, 0.6) is 0 Å². The number of aliphatic hydroxyl groups excluding tert-OH is 1. The van der Waals surface area contributed by atoms with Crippen molar-refractivity contribution in [2.75, 3.05) is 19.7 Å². The SMILES string of the molecule is CC(C)CN(C[C@@H](O)[C@H](Cc1ccccc1)NC(=O)OC1C2CC3C[C@@H]1COC3O2)S(=O)(=O)c1ccc(C2(N)CC2)cc1. The van der Waals surface area contributed by atoms with Crippen molar-refractivity contribution in [1.82, 2.24) is 9.62 Å². The van der Waals surface area contributed by atoms with Crippen molar-refractivity contribution < 1.29 is 32.5 Å². The number of hydrogen-bond acceptors (Lipinski definition) is 8. The molecule has 6 rings (SSSR count). The Morgan fingerprint density at radius 2 is 1.81 bits per heavy atom. The van der Waals surface area contributed by atoms with E-state index in [2.05, 4.69) is 5.32 Å². The molecular weight excluding hydrogens is 570 g/mol. The Morgan fingerprint density at radius 3 is 2.49 bits per heavy atom. The summed E-state index contributed by atoms with van der Waals surface area (Å²) < 4.78 is 46.7. The number of carbonyl (C=O) groups is 1. The van der Waals surface area contributed by atoms with Gasteiger partial charge in [0.1, 0.15) is 6.10 Å². The van der Waals surface area contributed by atoms with Gasteiger partial charge in [0.15, 0.2) is 6.29 Å². The summed E-state index contributed by atoms with van der Waals surface area (Å²) in [5, 5.41) is 14.4. The molecule has 4 unspecified atom stereocenters. The number of carbonyl (C=O) groups excluding carboxylic acids is 1. The molecule has 2 aliphatic heterocycles. The van der Waals surface area contributed by atoms with E-state index >= 15 is 0 Å². The summed E-state index contributed by atoms with van der Waals surface area (Å²) in [6, 6.07) is 15.4. The molecule has 10 nitrogen and oxygen atoms in total. The Balaban J connectivity index is 1.18. The molecule has 2 aromatic carbocycles. The number of benzene rings is 2. The van der Waals surface area contributed by atoms with Gasteiger partial charge in [-0.15, -0.1) is 0 Å². The van der Waals surface area contributed by atoms with Gasteiger partial charge in [0.25, 0.3) is 0 Å². The predicted octanol–water partition coefficient (Wildman–Crippen LogP) is 3.13. The lowest BCUT2D eigenvalue weighted by molar-refractivity contribution is -0.153. The number of fused-ring (bicyclic) bond motifs is 2. The number of nitrogens with one attached hydrogen (secondary N) is 1. The summed E-state index contributed by atoms with van der Waals surface area (Å²) in [6.07, 6.45) is 1.02. The Labute approximate surface area is 253 Å². The number of sulfonamides is 1. The Hall–Kier alpha value is -2.54. The number of ether oxygens (including phenoxy) is 3. The molecule has 43 heavy (non-hydrogen) atoms. The van der Waals surface area contributed by atoms with Gasteiger partial charge in [0.2, 0.25) is 10.0 Å². The Kier molecular flexibility index (Phi) is 8.58. The number of hydrogen-bond donors (Lipinski definition) is 3. The number of rotatable bonds is 12. The van der Waals surface area contributed by atoms with Crippen LogP contribution in [-0.4, -0.2) is 74.3 Å². The van der Waals surface area contributed by atoms with Crippen LogP contribution in [0.1, 0.15) is 50.7 Å². The standard InChI is InChI=1S/C32H43N3O7S/c1-20(2)17-35(43(38,39)25-10-8-24(9-11-25)32(33)12-13-32)18-27(36)26(14-21-6-4-3-5-7-21)34-31(37)42-29-23-15-22-16-28(29)41-30(22)40-19-23/h3-11,20,22-23,26-30,36H,12-19,33H2,1-2H3,(H,34,37)/t22?,23-,26+,27-,28?,29?,30?/m1/s1. The first-order valence-electron chi connectivity index (χ1n) is 15.4. The summed E-state index contributed by atoms with van der Waals surface area (Å²) in [5.74, 6) is 0.414. The van der Waals surface area contributed by atoms with Crippen LogP contribution in [0.4, 0.5) is 4.79 Å². The number of amides is 1. The largest absolute Gasteiger partial charge is 0.443 e. The summed E-state index contributed by atoms with van der Waals surface area (Å²) in [6.45, 7) is 4.35. The van der Waals surface area contributed by atoms with Crippen molar-refractivity contribution in [3.8, 4) is 0 Å². The third-order valence-electron chi connectivity index (χ3n) is 9.26.